The van der Waals surface area contributed by atoms with Crippen molar-refractivity contribution in [1.29, 1.82) is 0 Å². The first-order valence-electron chi connectivity index (χ1n) is 9.11. The van der Waals surface area contributed by atoms with Gasteiger partial charge in [-0.15, -0.1) is 5.10 Å². The number of carbonyl (C=O) groups excluding carboxylic acids is 1. The van der Waals surface area contributed by atoms with Crippen LogP contribution in [0.25, 0.3) is 0 Å². The molecular weight excluding hydrogens is 340 g/mol. The molecule has 0 radical (unpaired) electrons. The van der Waals surface area contributed by atoms with E-state index in [0.29, 0.717) is 24.8 Å². The van der Waals surface area contributed by atoms with Gasteiger partial charge in [0, 0.05) is 12.6 Å². The molecule has 6 heteroatoms. The molecule has 2 aromatic carbocycles. The third-order valence-corrected chi connectivity index (χ3v) is 4.71. The average molecular weight is 362 g/mol. The molecule has 1 amide bonds. The van der Waals surface area contributed by atoms with Gasteiger partial charge in [0.2, 0.25) is 0 Å². The Labute approximate surface area is 158 Å². The minimum Gasteiger partial charge on any atom is -0.497 e. The van der Waals surface area contributed by atoms with Crippen molar-refractivity contribution in [3.63, 3.8) is 0 Å². The van der Waals surface area contributed by atoms with Crippen molar-refractivity contribution < 1.29 is 9.53 Å². The van der Waals surface area contributed by atoms with Crippen molar-refractivity contribution in [2.24, 2.45) is 0 Å². The standard InChI is InChI=1S/C21H22N4O2/c1-27-19-11-7-17(8-12-19)14-25(18-9-10-18)21(26)20-15-24(23-22-20)13-16-5-3-2-4-6-16/h2-8,11-12,15,18H,9-10,13-14H2,1H3. The molecule has 1 aliphatic carbocycles. The lowest BCUT2D eigenvalue weighted by Gasteiger charge is -2.21. The number of rotatable bonds is 7. The molecule has 6 nitrogen and oxygen atoms in total. The first kappa shape index (κ1) is 17.3. The van der Waals surface area contributed by atoms with Crippen LogP contribution in [-0.4, -0.2) is 39.0 Å². The Bertz CT molecular complexity index is 901. The van der Waals surface area contributed by atoms with E-state index in [9.17, 15) is 4.79 Å². The number of hydrogen-bond donors (Lipinski definition) is 0. The van der Waals surface area contributed by atoms with Gasteiger partial charge >= 0.3 is 0 Å². The molecule has 0 saturated heterocycles. The maximum atomic E-state index is 13.0. The van der Waals surface area contributed by atoms with Crippen LogP contribution in [0.3, 0.4) is 0 Å². The molecule has 1 heterocycles. The molecule has 1 saturated carbocycles. The average Bonchev–Trinajstić information content (AvgIpc) is 3.45. The van der Waals surface area contributed by atoms with Gasteiger partial charge in [0.15, 0.2) is 5.69 Å². The molecule has 0 unspecified atom stereocenters. The molecule has 138 valence electrons. The molecule has 0 aliphatic heterocycles. The smallest absolute Gasteiger partial charge is 0.276 e. The van der Waals surface area contributed by atoms with Crippen molar-refractivity contribution in [1.82, 2.24) is 19.9 Å². The van der Waals surface area contributed by atoms with E-state index in [1.54, 1.807) is 18.0 Å². The molecule has 4 rings (SSSR count). The van der Waals surface area contributed by atoms with E-state index < -0.39 is 0 Å². The highest BCUT2D eigenvalue weighted by Crippen LogP contribution is 2.30. The van der Waals surface area contributed by atoms with E-state index >= 15 is 0 Å². The van der Waals surface area contributed by atoms with Crippen LogP contribution >= 0.6 is 0 Å². The number of hydrogen-bond acceptors (Lipinski definition) is 4. The van der Waals surface area contributed by atoms with Gasteiger partial charge in [-0.1, -0.05) is 47.7 Å². The summed E-state index contributed by atoms with van der Waals surface area (Å²) in [5, 5.41) is 8.24. The number of methoxy groups -OCH3 is 1. The fourth-order valence-electron chi connectivity index (χ4n) is 3.07. The van der Waals surface area contributed by atoms with E-state index in [0.717, 1.165) is 29.7 Å². The lowest BCUT2D eigenvalue weighted by atomic mass is 10.2. The predicted molar refractivity (Wildman–Crippen MR) is 101 cm³/mol. The summed E-state index contributed by atoms with van der Waals surface area (Å²) in [4.78, 5) is 14.9. The highest BCUT2D eigenvalue weighted by Gasteiger charge is 2.34. The van der Waals surface area contributed by atoms with E-state index in [4.69, 9.17) is 4.74 Å². The zero-order valence-electron chi connectivity index (χ0n) is 15.3. The fraction of sp³-hybridized carbons (Fsp3) is 0.286. The zero-order chi connectivity index (χ0) is 18.6. The number of nitrogens with zero attached hydrogens (tertiary/aromatic N) is 4. The van der Waals surface area contributed by atoms with Gasteiger partial charge in [-0.05, 0) is 36.1 Å². The minimum atomic E-state index is -0.0624. The minimum absolute atomic E-state index is 0.0624. The summed E-state index contributed by atoms with van der Waals surface area (Å²) in [5.74, 6) is 0.750. The van der Waals surface area contributed by atoms with Crippen molar-refractivity contribution in [3.05, 3.63) is 77.6 Å². The van der Waals surface area contributed by atoms with Crippen molar-refractivity contribution in [3.8, 4) is 5.75 Å². The summed E-state index contributed by atoms with van der Waals surface area (Å²) in [6, 6.07) is 18.1. The number of amides is 1. The van der Waals surface area contributed by atoms with Crippen LogP contribution < -0.4 is 4.74 Å². The predicted octanol–water partition coefficient (Wildman–Crippen LogP) is 3.14. The Hall–Kier alpha value is -3.15. The second kappa shape index (κ2) is 7.61. The third-order valence-electron chi connectivity index (χ3n) is 4.71. The van der Waals surface area contributed by atoms with Crippen LogP contribution in [0, 0.1) is 0 Å². The van der Waals surface area contributed by atoms with Crippen LogP contribution in [0.1, 0.15) is 34.5 Å². The van der Waals surface area contributed by atoms with Crippen molar-refractivity contribution in [2.75, 3.05) is 7.11 Å². The molecule has 0 spiro atoms. The van der Waals surface area contributed by atoms with E-state index in [2.05, 4.69) is 10.3 Å². The topological polar surface area (TPSA) is 60.2 Å². The normalized spacial score (nSPS) is 13.4. The first-order valence-corrected chi connectivity index (χ1v) is 9.11. The molecule has 1 aromatic heterocycles. The van der Waals surface area contributed by atoms with E-state index in [1.165, 1.54) is 0 Å². The maximum absolute atomic E-state index is 13.0. The summed E-state index contributed by atoms with van der Waals surface area (Å²) in [5.41, 5.74) is 2.60. The second-order valence-electron chi connectivity index (χ2n) is 6.80. The summed E-state index contributed by atoms with van der Waals surface area (Å²) in [6.07, 6.45) is 3.82. The third kappa shape index (κ3) is 4.16. The SMILES string of the molecule is COc1ccc(CN(C(=O)c2cn(Cc3ccccc3)nn2)C2CC2)cc1. The number of aromatic nitrogens is 3. The van der Waals surface area contributed by atoms with Gasteiger partial charge in [0.25, 0.3) is 5.91 Å². The summed E-state index contributed by atoms with van der Waals surface area (Å²) in [7, 11) is 1.65. The Morgan fingerprint density at radius 2 is 1.85 bits per heavy atom. The molecular formula is C21H22N4O2. The van der Waals surface area contributed by atoms with E-state index in [-0.39, 0.29) is 5.91 Å². The lowest BCUT2D eigenvalue weighted by molar-refractivity contribution is 0.0724. The molecule has 0 bridgehead atoms. The van der Waals surface area contributed by atoms with Gasteiger partial charge in [-0.25, -0.2) is 4.68 Å². The van der Waals surface area contributed by atoms with E-state index in [1.807, 2.05) is 59.5 Å². The molecule has 1 fully saturated rings. The summed E-state index contributed by atoms with van der Waals surface area (Å²) >= 11 is 0. The number of carbonyl (C=O) groups is 1. The van der Waals surface area contributed by atoms with Crippen LogP contribution in [-0.2, 0) is 13.1 Å². The Kier molecular flexibility index (Phi) is 4.87. The highest BCUT2D eigenvalue weighted by atomic mass is 16.5. The van der Waals surface area contributed by atoms with Gasteiger partial charge in [-0.2, -0.15) is 0 Å². The second-order valence-corrected chi connectivity index (χ2v) is 6.80. The van der Waals surface area contributed by atoms with Crippen LogP contribution in [0.15, 0.2) is 60.8 Å². The molecule has 0 atom stereocenters. The van der Waals surface area contributed by atoms with Gasteiger partial charge < -0.3 is 9.64 Å². The van der Waals surface area contributed by atoms with Crippen molar-refractivity contribution >= 4 is 5.91 Å². The first-order chi connectivity index (χ1) is 13.2. The summed E-state index contributed by atoms with van der Waals surface area (Å²) < 4.78 is 6.91. The van der Waals surface area contributed by atoms with Crippen LogP contribution in [0.2, 0.25) is 0 Å². The molecule has 1 aliphatic rings. The fourth-order valence-corrected chi connectivity index (χ4v) is 3.07. The maximum Gasteiger partial charge on any atom is 0.276 e. The Morgan fingerprint density at radius 3 is 2.52 bits per heavy atom. The van der Waals surface area contributed by atoms with Gasteiger partial charge in [0.05, 0.1) is 19.9 Å². The van der Waals surface area contributed by atoms with Crippen LogP contribution in [0.5, 0.6) is 5.75 Å². The number of ether oxygens (including phenoxy) is 1. The molecule has 0 N–H and O–H groups in total. The van der Waals surface area contributed by atoms with Gasteiger partial charge in [0.1, 0.15) is 5.75 Å². The number of benzene rings is 2. The highest BCUT2D eigenvalue weighted by molar-refractivity contribution is 5.92. The summed E-state index contributed by atoms with van der Waals surface area (Å²) in [6.45, 7) is 1.17. The quantitative estimate of drug-likeness (QED) is 0.648. The lowest BCUT2D eigenvalue weighted by Crippen LogP contribution is -2.32. The van der Waals surface area contributed by atoms with Crippen molar-refractivity contribution in [2.45, 2.75) is 32.0 Å². The monoisotopic (exact) mass is 362 g/mol. The van der Waals surface area contributed by atoms with Gasteiger partial charge in [-0.3, -0.25) is 4.79 Å². The Morgan fingerprint density at radius 1 is 1.11 bits per heavy atom. The largest absolute Gasteiger partial charge is 0.497 e. The Balaban J connectivity index is 1.47. The molecule has 3 aromatic rings. The van der Waals surface area contributed by atoms with Crippen LogP contribution in [0.4, 0.5) is 0 Å². The zero-order valence-corrected chi connectivity index (χ0v) is 15.3. The molecule has 27 heavy (non-hydrogen) atoms.